The highest BCUT2D eigenvalue weighted by Crippen LogP contribution is 2.35. The quantitative estimate of drug-likeness (QED) is 0.730. The molecule has 0 N–H and O–H groups in total. The van der Waals surface area contributed by atoms with Gasteiger partial charge in [0.2, 0.25) is 0 Å². The van der Waals surface area contributed by atoms with Crippen LogP contribution in [0.15, 0.2) is 40.4 Å². The van der Waals surface area contributed by atoms with Crippen molar-refractivity contribution in [3.8, 4) is 0 Å². The summed E-state index contributed by atoms with van der Waals surface area (Å²) in [5, 5.41) is 0.151. The molecule has 0 saturated carbocycles. The zero-order valence-corrected chi connectivity index (χ0v) is 17.2. The minimum atomic E-state index is -3.52. The highest BCUT2D eigenvalue weighted by Gasteiger charge is 2.45. The van der Waals surface area contributed by atoms with E-state index < -0.39 is 10.0 Å². The molecular formula is C17H22BrN5O2S. The summed E-state index contributed by atoms with van der Waals surface area (Å²) in [6.07, 6.45) is 5.02. The third kappa shape index (κ3) is 3.16. The lowest BCUT2D eigenvalue weighted by Crippen LogP contribution is -2.33. The molecule has 7 nitrogen and oxygen atoms in total. The fourth-order valence-electron chi connectivity index (χ4n) is 3.75. The summed E-state index contributed by atoms with van der Waals surface area (Å²) < 4.78 is 30.2. The SMILES string of the molecule is CC(C)n1cnc(S(=O)(=O)N2CC3CN(c4ccc(Br)cn4)CC3C2)c1. The molecule has 0 aliphatic carbocycles. The number of pyridine rings is 1. The molecule has 0 radical (unpaired) electrons. The second-order valence-corrected chi connectivity index (χ2v) is 10.1. The predicted octanol–water partition coefficient (Wildman–Crippen LogP) is 2.38. The molecule has 0 bridgehead atoms. The van der Waals surface area contributed by atoms with Crippen LogP contribution in [0.4, 0.5) is 5.82 Å². The van der Waals surface area contributed by atoms with Crippen LogP contribution in [-0.4, -0.2) is 53.4 Å². The minimum Gasteiger partial charge on any atom is -0.356 e. The Morgan fingerprint density at radius 2 is 1.81 bits per heavy atom. The maximum Gasteiger partial charge on any atom is 0.262 e. The van der Waals surface area contributed by atoms with E-state index in [1.54, 1.807) is 23.0 Å². The molecule has 4 rings (SSSR count). The molecule has 2 aromatic heterocycles. The van der Waals surface area contributed by atoms with Crippen molar-refractivity contribution in [2.75, 3.05) is 31.1 Å². The van der Waals surface area contributed by atoms with Crippen molar-refractivity contribution in [3.63, 3.8) is 0 Å². The number of halogens is 1. The van der Waals surface area contributed by atoms with Gasteiger partial charge in [0.1, 0.15) is 5.82 Å². The first-order chi connectivity index (χ1) is 12.3. The lowest BCUT2D eigenvalue weighted by molar-refractivity contribution is 0.450. The van der Waals surface area contributed by atoms with Crippen LogP contribution in [0.25, 0.3) is 0 Å². The average Bonchev–Trinajstić information content (AvgIpc) is 3.30. The van der Waals surface area contributed by atoms with Crippen molar-refractivity contribution >= 4 is 31.8 Å². The largest absolute Gasteiger partial charge is 0.356 e. The molecule has 2 fully saturated rings. The van der Waals surface area contributed by atoms with Gasteiger partial charge in [-0.2, -0.15) is 4.31 Å². The van der Waals surface area contributed by atoms with Crippen LogP contribution in [0, 0.1) is 11.8 Å². The van der Waals surface area contributed by atoms with Gasteiger partial charge >= 0.3 is 0 Å². The smallest absolute Gasteiger partial charge is 0.262 e. The van der Waals surface area contributed by atoms with Crippen molar-refractivity contribution < 1.29 is 8.42 Å². The predicted molar refractivity (Wildman–Crippen MR) is 103 cm³/mol. The number of anilines is 1. The van der Waals surface area contributed by atoms with E-state index in [2.05, 4.69) is 30.8 Å². The molecule has 2 saturated heterocycles. The van der Waals surface area contributed by atoms with Gasteiger partial charge in [-0.05, 0) is 53.7 Å². The molecule has 2 unspecified atom stereocenters. The van der Waals surface area contributed by atoms with Gasteiger partial charge < -0.3 is 9.47 Å². The number of rotatable bonds is 4. The Labute approximate surface area is 162 Å². The number of sulfonamides is 1. The number of imidazole rings is 1. The zero-order valence-electron chi connectivity index (χ0n) is 14.8. The van der Waals surface area contributed by atoms with E-state index in [9.17, 15) is 8.42 Å². The lowest BCUT2D eigenvalue weighted by Gasteiger charge is -2.21. The van der Waals surface area contributed by atoms with Gasteiger partial charge in [-0.15, -0.1) is 0 Å². The van der Waals surface area contributed by atoms with E-state index in [1.807, 2.05) is 30.5 Å². The summed E-state index contributed by atoms with van der Waals surface area (Å²) in [5.41, 5.74) is 0. The molecule has 140 valence electrons. The topological polar surface area (TPSA) is 71.3 Å². The molecule has 26 heavy (non-hydrogen) atoms. The number of hydrogen-bond donors (Lipinski definition) is 0. The van der Waals surface area contributed by atoms with Crippen LogP contribution in [0.5, 0.6) is 0 Å². The normalized spacial score (nSPS) is 23.8. The standard InChI is InChI=1S/C17H22BrN5O2S/c1-12(2)22-10-17(20-11-22)26(24,25)23-8-13-6-21(7-14(13)9-23)16-4-3-15(18)5-19-16/h3-5,10-14H,6-9H2,1-2H3. The van der Waals surface area contributed by atoms with E-state index in [4.69, 9.17) is 0 Å². The van der Waals surface area contributed by atoms with Crippen LogP contribution in [-0.2, 0) is 10.0 Å². The van der Waals surface area contributed by atoms with E-state index in [-0.39, 0.29) is 11.1 Å². The molecule has 2 atom stereocenters. The zero-order chi connectivity index (χ0) is 18.5. The Bertz CT molecular complexity index is 882. The third-order valence-electron chi connectivity index (χ3n) is 5.27. The maximum atomic E-state index is 12.9. The summed E-state index contributed by atoms with van der Waals surface area (Å²) in [4.78, 5) is 10.8. The van der Waals surface area contributed by atoms with Crippen molar-refractivity contribution in [1.82, 2.24) is 18.8 Å². The summed E-state index contributed by atoms with van der Waals surface area (Å²) in [6, 6.07) is 4.17. The molecule has 2 aliphatic heterocycles. The highest BCUT2D eigenvalue weighted by molar-refractivity contribution is 9.10. The second-order valence-electron chi connectivity index (χ2n) is 7.33. The number of fused-ring (bicyclic) bond motifs is 1. The van der Waals surface area contributed by atoms with Crippen LogP contribution >= 0.6 is 15.9 Å². The molecular weight excluding hydrogens is 418 g/mol. The van der Waals surface area contributed by atoms with Crippen molar-refractivity contribution in [2.24, 2.45) is 11.8 Å². The fourth-order valence-corrected chi connectivity index (χ4v) is 5.46. The van der Waals surface area contributed by atoms with Crippen molar-refractivity contribution in [1.29, 1.82) is 0 Å². The first-order valence-electron chi connectivity index (χ1n) is 8.74. The molecule has 0 spiro atoms. The van der Waals surface area contributed by atoms with Gasteiger partial charge in [0.15, 0.2) is 5.03 Å². The van der Waals surface area contributed by atoms with Gasteiger partial charge in [0.25, 0.3) is 10.0 Å². The molecule has 9 heteroatoms. The van der Waals surface area contributed by atoms with Gasteiger partial charge in [0.05, 0.1) is 6.33 Å². The second kappa shape index (κ2) is 6.61. The number of hydrogen-bond acceptors (Lipinski definition) is 5. The monoisotopic (exact) mass is 439 g/mol. The number of aromatic nitrogens is 3. The molecule has 2 aromatic rings. The van der Waals surface area contributed by atoms with Crippen LogP contribution < -0.4 is 4.90 Å². The summed E-state index contributed by atoms with van der Waals surface area (Å²) in [6.45, 7) is 6.78. The van der Waals surface area contributed by atoms with Gasteiger partial charge in [0, 0.05) is 49.1 Å². The summed E-state index contributed by atoms with van der Waals surface area (Å²) in [5.74, 6) is 1.62. The Morgan fingerprint density at radius 3 is 2.35 bits per heavy atom. The maximum absolute atomic E-state index is 12.9. The number of nitrogens with zero attached hydrogens (tertiary/aromatic N) is 5. The van der Waals surface area contributed by atoms with E-state index in [0.29, 0.717) is 24.9 Å². The Balaban J connectivity index is 1.46. The van der Waals surface area contributed by atoms with Gasteiger partial charge in [-0.25, -0.2) is 18.4 Å². The van der Waals surface area contributed by atoms with E-state index >= 15 is 0 Å². The van der Waals surface area contributed by atoms with E-state index in [1.165, 1.54) is 0 Å². The van der Waals surface area contributed by atoms with Crippen LogP contribution in [0.2, 0.25) is 0 Å². The van der Waals surface area contributed by atoms with Crippen molar-refractivity contribution in [2.45, 2.75) is 24.9 Å². The minimum absolute atomic E-state index is 0.151. The van der Waals surface area contributed by atoms with Gasteiger partial charge in [-0.1, -0.05) is 0 Å². The first kappa shape index (κ1) is 17.9. The first-order valence-corrected chi connectivity index (χ1v) is 11.0. The molecule has 0 amide bonds. The third-order valence-corrected chi connectivity index (χ3v) is 7.45. The van der Waals surface area contributed by atoms with Crippen LogP contribution in [0.1, 0.15) is 19.9 Å². The molecule has 4 heterocycles. The van der Waals surface area contributed by atoms with Crippen molar-refractivity contribution in [3.05, 3.63) is 35.3 Å². The fraction of sp³-hybridized carbons (Fsp3) is 0.529. The summed E-state index contributed by atoms with van der Waals surface area (Å²) in [7, 11) is -3.52. The highest BCUT2D eigenvalue weighted by atomic mass is 79.9. The lowest BCUT2D eigenvalue weighted by atomic mass is 10.0. The molecule has 2 aliphatic rings. The average molecular weight is 440 g/mol. The molecule has 0 aromatic carbocycles. The Hall–Kier alpha value is -1.45. The summed E-state index contributed by atoms with van der Waals surface area (Å²) >= 11 is 3.40. The Kier molecular flexibility index (Phi) is 4.56. The Morgan fingerprint density at radius 1 is 1.12 bits per heavy atom. The van der Waals surface area contributed by atoms with Gasteiger partial charge in [-0.3, -0.25) is 0 Å². The van der Waals surface area contributed by atoms with Crippen LogP contribution in [0.3, 0.4) is 0 Å². The van der Waals surface area contributed by atoms with E-state index in [0.717, 1.165) is 23.4 Å².